The van der Waals surface area contributed by atoms with E-state index in [2.05, 4.69) is 15.4 Å². The predicted molar refractivity (Wildman–Crippen MR) is 100 cm³/mol. The highest BCUT2D eigenvalue weighted by atomic mass is 32.1. The lowest BCUT2D eigenvalue weighted by Gasteiger charge is -2.11. The molecular formula is C18H18N2O4S. The molecule has 2 aromatic carbocycles. The number of hydrogen-bond donors (Lipinski definition) is 2. The SMILES string of the molecule is CCOC(=O)c1ccc(NC(=S)Nc2ccc(C(=O)OC)cc2)cc1. The maximum Gasteiger partial charge on any atom is 0.338 e. The first-order valence-electron chi connectivity index (χ1n) is 7.57. The first-order chi connectivity index (χ1) is 12.0. The third-order valence-electron chi connectivity index (χ3n) is 3.22. The number of rotatable bonds is 5. The van der Waals surface area contributed by atoms with Gasteiger partial charge in [-0.1, -0.05) is 0 Å². The Morgan fingerprint density at radius 2 is 1.32 bits per heavy atom. The number of benzene rings is 2. The fourth-order valence-electron chi connectivity index (χ4n) is 2.01. The van der Waals surface area contributed by atoms with Crippen LogP contribution >= 0.6 is 12.2 Å². The summed E-state index contributed by atoms with van der Waals surface area (Å²) in [5.41, 5.74) is 2.40. The van der Waals surface area contributed by atoms with Crippen molar-refractivity contribution in [3.63, 3.8) is 0 Å². The van der Waals surface area contributed by atoms with Crippen molar-refractivity contribution in [2.45, 2.75) is 6.92 Å². The van der Waals surface area contributed by atoms with Crippen molar-refractivity contribution in [2.24, 2.45) is 0 Å². The van der Waals surface area contributed by atoms with Gasteiger partial charge in [0.05, 0.1) is 24.8 Å². The van der Waals surface area contributed by atoms with Gasteiger partial charge in [-0.2, -0.15) is 0 Å². The van der Waals surface area contributed by atoms with Gasteiger partial charge < -0.3 is 20.1 Å². The van der Waals surface area contributed by atoms with Gasteiger partial charge >= 0.3 is 11.9 Å². The van der Waals surface area contributed by atoms with Crippen LogP contribution in [0.2, 0.25) is 0 Å². The molecule has 0 saturated carbocycles. The summed E-state index contributed by atoms with van der Waals surface area (Å²) in [5, 5.41) is 6.41. The highest BCUT2D eigenvalue weighted by molar-refractivity contribution is 7.80. The van der Waals surface area contributed by atoms with Crippen molar-refractivity contribution in [3.8, 4) is 0 Å². The molecule has 2 N–H and O–H groups in total. The first kappa shape index (κ1) is 18.4. The molecule has 0 aliphatic carbocycles. The normalized spacial score (nSPS) is 9.84. The number of carbonyl (C=O) groups excluding carboxylic acids is 2. The van der Waals surface area contributed by atoms with Crippen molar-refractivity contribution in [1.82, 2.24) is 0 Å². The molecule has 0 aromatic heterocycles. The number of carbonyl (C=O) groups is 2. The molecule has 0 aliphatic heterocycles. The number of anilines is 2. The van der Waals surface area contributed by atoms with Crippen LogP contribution in [0.1, 0.15) is 27.6 Å². The molecule has 25 heavy (non-hydrogen) atoms. The molecule has 0 aliphatic rings. The van der Waals surface area contributed by atoms with Crippen LogP contribution in [0.15, 0.2) is 48.5 Å². The summed E-state index contributed by atoms with van der Waals surface area (Å²) in [5.74, 6) is -0.755. The topological polar surface area (TPSA) is 76.7 Å². The molecular weight excluding hydrogens is 340 g/mol. The molecule has 0 saturated heterocycles. The Balaban J connectivity index is 1.93. The fourth-order valence-corrected chi connectivity index (χ4v) is 2.24. The second kappa shape index (κ2) is 8.79. The van der Waals surface area contributed by atoms with Crippen LogP contribution in [0, 0.1) is 0 Å². The van der Waals surface area contributed by atoms with E-state index in [0.717, 1.165) is 11.4 Å². The number of nitrogens with one attached hydrogen (secondary N) is 2. The molecule has 2 aromatic rings. The van der Waals surface area contributed by atoms with Crippen molar-refractivity contribution in [1.29, 1.82) is 0 Å². The third-order valence-corrected chi connectivity index (χ3v) is 3.42. The molecule has 0 unspecified atom stereocenters. The number of thiocarbonyl (C=S) groups is 1. The second-order valence-electron chi connectivity index (χ2n) is 4.95. The van der Waals surface area contributed by atoms with Crippen LogP contribution in [0.5, 0.6) is 0 Å². The van der Waals surface area contributed by atoms with Crippen molar-refractivity contribution in [2.75, 3.05) is 24.4 Å². The van der Waals surface area contributed by atoms with E-state index >= 15 is 0 Å². The largest absolute Gasteiger partial charge is 0.465 e. The Morgan fingerprint density at radius 3 is 1.72 bits per heavy atom. The van der Waals surface area contributed by atoms with E-state index in [0.29, 0.717) is 22.8 Å². The van der Waals surface area contributed by atoms with Crippen molar-refractivity contribution in [3.05, 3.63) is 59.7 Å². The van der Waals surface area contributed by atoms with Crippen molar-refractivity contribution >= 4 is 40.6 Å². The molecule has 0 heterocycles. The lowest BCUT2D eigenvalue weighted by atomic mass is 10.2. The van der Waals surface area contributed by atoms with Crippen LogP contribution in [0.4, 0.5) is 11.4 Å². The summed E-state index contributed by atoms with van der Waals surface area (Å²) in [7, 11) is 1.33. The molecule has 6 nitrogen and oxygen atoms in total. The minimum absolute atomic E-state index is 0.335. The summed E-state index contributed by atoms with van der Waals surface area (Å²) in [4.78, 5) is 23.0. The zero-order chi connectivity index (χ0) is 18.2. The van der Waals surface area contributed by atoms with Crippen LogP contribution in [0.25, 0.3) is 0 Å². The molecule has 2 rings (SSSR count). The molecule has 0 radical (unpaired) electrons. The Hall–Kier alpha value is -2.93. The Bertz CT molecular complexity index is 758. The predicted octanol–water partition coefficient (Wildman–Crippen LogP) is 3.46. The van der Waals surface area contributed by atoms with E-state index in [-0.39, 0.29) is 5.97 Å². The highest BCUT2D eigenvalue weighted by Gasteiger charge is 2.07. The van der Waals surface area contributed by atoms with Gasteiger partial charge in [-0.15, -0.1) is 0 Å². The van der Waals surface area contributed by atoms with E-state index in [1.807, 2.05) is 0 Å². The summed E-state index contributed by atoms with van der Waals surface area (Å²) in [6.45, 7) is 2.09. The molecule has 130 valence electrons. The van der Waals surface area contributed by atoms with Crippen LogP contribution in [0.3, 0.4) is 0 Å². The smallest absolute Gasteiger partial charge is 0.338 e. The van der Waals surface area contributed by atoms with Gasteiger partial charge in [0.2, 0.25) is 0 Å². The molecule has 0 spiro atoms. The first-order valence-corrected chi connectivity index (χ1v) is 7.98. The van der Waals surface area contributed by atoms with Crippen LogP contribution < -0.4 is 10.6 Å². The minimum Gasteiger partial charge on any atom is -0.465 e. The minimum atomic E-state index is -0.394. The summed E-state index contributed by atoms with van der Waals surface area (Å²) < 4.78 is 9.58. The van der Waals surface area contributed by atoms with E-state index in [1.54, 1.807) is 55.5 Å². The lowest BCUT2D eigenvalue weighted by molar-refractivity contribution is 0.0525. The number of ether oxygens (including phenoxy) is 2. The summed E-state index contributed by atoms with van der Waals surface area (Å²) in [6, 6.07) is 13.5. The maximum atomic E-state index is 11.6. The second-order valence-corrected chi connectivity index (χ2v) is 5.35. The van der Waals surface area contributed by atoms with Gasteiger partial charge in [0.25, 0.3) is 0 Å². The van der Waals surface area contributed by atoms with Crippen LogP contribution in [-0.2, 0) is 9.47 Å². The summed E-state index contributed by atoms with van der Waals surface area (Å²) >= 11 is 5.25. The Morgan fingerprint density at radius 1 is 0.880 bits per heavy atom. The van der Waals surface area contributed by atoms with Gasteiger partial charge in [0.15, 0.2) is 5.11 Å². The standard InChI is InChI=1S/C18H18N2O4S/c1-3-24-17(22)13-6-10-15(11-7-13)20-18(25)19-14-8-4-12(5-9-14)16(21)23-2/h4-11H,3H2,1-2H3,(H2,19,20,25). The summed E-state index contributed by atoms with van der Waals surface area (Å²) in [6.07, 6.45) is 0. The Labute approximate surface area is 151 Å². The van der Waals surface area contributed by atoms with Gasteiger partial charge in [0, 0.05) is 11.4 Å². The maximum absolute atomic E-state index is 11.6. The molecule has 7 heteroatoms. The average molecular weight is 358 g/mol. The highest BCUT2D eigenvalue weighted by Crippen LogP contribution is 2.13. The van der Waals surface area contributed by atoms with Gasteiger partial charge in [0.1, 0.15) is 0 Å². The van der Waals surface area contributed by atoms with Crippen LogP contribution in [-0.4, -0.2) is 30.8 Å². The van der Waals surface area contributed by atoms with Gasteiger partial charge in [-0.05, 0) is 67.7 Å². The van der Waals surface area contributed by atoms with E-state index in [1.165, 1.54) is 7.11 Å². The molecule has 0 atom stereocenters. The van der Waals surface area contributed by atoms with Gasteiger partial charge in [-0.3, -0.25) is 0 Å². The molecule has 0 bridgehead atoms. The van der Waals surface area contributed by atoms with E-state index < -0.39 is 5.97 Å². The average Bonchev–Trinajstić information content (AvgIpc) is 2.62. The van der Waals surface area contributed by atoms with Crippen molar-refractivity contribution < 1.29 is 19.1 Å². The van der Waals surface area contributed by atoms with E-state index in [4.69, 9.17) is 17.0 Å². The third kappa shape index (κ3) is 5.29. The number of esters is 2. The van der Waals surface area contributed by atoms with Gasteiger partial charge in [-0.25, -0.2) is 9.59 Å². The zero-order valence-corrected chi connectivity index (χ0v) is 14.7. The Kier molecular flexibility index (Phi) is 6.47. The zero-order valence-electron chi connectivity index (χ0n) is 13.9. The fraction of sp³-hybridized carbons (Fsp3) is 0.167. The molecule has 0 fully saturated rings. The monoisotopic (exact) mass is 358 g/mol. The van der Waals surface area contributed by atoms with E-state index in [9.17, 15) is 9.59 Å². The quantitative estimate of drug-likeness (QED) is 0.626. The number of methoxy groups -OCH3 is 1. The molecule has 0 amide bonds. The number of hydrogen-bond acceptors (Lipinski definition) is 5. The lowest BCUT2D eigenvalue weighted by Crippen LogP contribution is -2.19.